The minimum atomic E-state index is -0.797. The van der Waals surface area contributed by atoms with Gasteiger partial charge in [0.1, 0.15) is 13.2 Å². The summed E-state index contributed by atoms with van der Waals surface area (Å²) in [6.07, 6.45) is 64.1. The number of carbonyl (C=O) groups is 3. The third-order valence-corrected chi connectivity index (χ3v) is 10.7. The van der Waals surface area contributed by atoms with Crippen LogP contribution in [-0.2, 0) is 28.6 Å². The number of allylic oxidation sites excluding steroid dienone is 14. The van der Waals surface area contributed by atoms with Gasteiger partial charge in [0.2, 0.25) is 0 Å². The first-order valence-electron chi connectivity index (χ1n) is 25.6. The lowest BCUT2D eigenvalue weighted by Crippen LogP contribution is -2.30. The third kappa shape index (κ3) is 47.6. The summed E-state index contributed by atoms with van der Waals surface area (Å²) < 4.78 is 16.8. The van der Waals surface area contributed by atoms with E-state index >= 15 is 0 Å². The lowest BCUT2D eigenvalue weighted by atomic mass is 10.1. The Morgan fingerprint density at radius 1 is 0.355 bits per heavy atom. The van der Waals surface area contributed by atoms with Crippen molar-refractivity contribution < 1.29 is 28.6 Å². The summed E-state index contributed by atoms with van der Waals surface area (Å²) in [6.45, 7) is 6.42. The molecule has 0 aliphatic carbocycles. The van der Waals surface area contributed by atoms with Crippen LogP contribution >= 0.6 is 0 Å². The van der Waals surface area contributed by atoms with Crippen LogP contribution in [0.25, 0.3) is 0 Å². The van der Waals surface area contributed by atoms with E-state index in [1.165, 1.54) is 83.5 Å². The van der Waals surface area contributed by atoms with Crippen molar-refractivity contribution in [3.05, 3.63) is 85.1 Å². The van der Waals surface area contributed by atoms with Crippen LogP contribution in [0.1, 0.15) is 233 Å². The molecule has 62 heavy (non-hydrogen) atoms. The Bertz CT molecular complexity index is 1220. The molecule has 0 bridgehead atoms. The van der Waals surface area contributed by atoms with Gasteiger partial charge in [-0.05, 0) is 103 Å². The standard InChI is InChI=1S/C56H94O6/c1-4-7-10-13-16-19-22-25-28-31-34-37-40-43-46-49-55(58)61-52-53(51-60-54(57)48-45-42-39-36-33-30-27-24-21-18-15-12-9-6-3)62-56(59)50-47-44-41-38-35-32-29-26-23-20-17-14-11-8-5-2/h9,12,16-23,25-27,30,53H,4-8,10-11,13-15,24,28-29,31-52H2,1-3H3/b12-9-,19-16-,20-17-,21-18-,25-22-,26-23-,30-27-. The van der Waals surface area contributed by atoms with Crippen molar-refractivity contribution in [1.29, 1.82) is 0 Å². The fraction of sp³-hybridized carbons (Fsp3) is 0.696. The van der Waals surface area contributed by atoms with Gasteiger partial charge in [0, 0.05) is 19.3 Å². The summed E-state index contributed by atoms with van der Waals surface area (Å²) in [4.78, 5) is 38.0. The predicted octanol–water partition coefficient (Wildman–Crippen LogP) is 16.8. The zero-order valence-electron chi connectivity index (χ0n) is 40.4. The summed E-state index contributed by atoms with van der Waals surface area (Å²) in [6, 6.07) is 0. The van der Waals surface area contributed by atoms with Gasteiger partial charge < -0.3 is 14.2 Å². The number of hydrogen-bond donors (Lipinski definition) is 0. The Hall–Kier alpha value is -3.41. The molecule has 0 aliphatic rings. The summed E-state index contributed by atoms with van der Waals surface area (Å²) in [7, 11) is 0. The van der Waals surface area contributed by atoms with Crippen LogP contribution in [0.2, 0.25) is 0 Å². The number of ether oxygens (including phenoxy) is 3. The van der Waals surface area contributed by atoms with Crippen molar-refractivity contribution in [2.45, 2.75) is 239 Å². The quantitative estimate of drug-likeness (QED) is 0.0199. The van der Waals surface area contributed by atoms with Gasteiger partial charge in [0.05, 0.1) is 0 Å². The van der Waals surface area contributed by atoms with Crippen LogP contribution in [0, 0.1) is 0 Å². The van der Waals surface area contributed by atoms with Gasteiger partial charge in [-0.15, -0.1) is 0 Å². The first-order chi connectivity index (χ1) is 30.5. The number of hydrogen-bond acceptors (Lipinski definition) is 6. The lowest BCUT2D eigenvalue weighted by Gasteiger charge is -2.18. The van der Waals surface area contributed by atoms with E-state index in [1.54, 1.807) is 0 Å². The van der Waals surface area contributed by atoms with Crippen LogP contribution in [0.3, 0.4) is 0 Å². The highest BCUT2D eigenvalue weighted by Gasteiger charge is 2.19. The first-order valence-corrected chi connectivity index (χ1v) is 25.6. The highest BCUT2D eigenvalue weighted by molar-refractivity contribution is 5.71. The lowest BCUT2D eigenvalue weighted by molar-refractivity contribution is -0.167. The molecule has 0 saturated heterocycles. The molecule has 0 spiro atoms. The Kier molecular flexibility index (Phi) is 47.5. The van der Waals surface area contributed by atoms with E-state index in [2.05, 4.69) is 106 Å². The molecular weight excluding hydrogens is 769 g/mol. The molecule has 0 rings (SSSR count). The highest BCUT2D eigenvalue weighted by atomic mass is 16.6. The maximum absolute atomic E-state index is 12.8. The number of carbonyl (C=O) groups excluding carboxylic acids is 3. The van der Waals surface area contributed by atoms with Gasteiger partial charge in [0.15, 0.2) is 6.10 Å². The van der Waals surface area contributed by atoms with Gasteiger partial charge in [-0.3, -0.25) is 14.4 Å². The minimum Gasteiger partial charge on any atom is -0.462 e. The molecule has 0 fully saturated rings. The van der Waals surface area contributed by atoms with E-state index in [1.807, 2.05) is 0 Å². The second-order valence-corrected chi connectivity index (χ2v) is 16.7. The van der Waals surface area contributed by atoms with E-state index in [9.17, 15) is 14.4 Å². The summed E-state index contributed by atoms with van der Waals surface area (Å²) in [5.41, 5.74) is 0. The average molecular weight is 863 g/mol. The second kappa shape index (κ2) is 50.2. The van der Waals surface area contributed by atoms with Gasteiger partial charge in [-0.1, -0.05) is 196 Å². The first kappa shape index (κ1) is 58.6. The summed E-state index contributed by atoms with van der Waals surface area (Å²) in [5.74, 6) is -0.942. The van der Waals surface area contributed by atoms with Gasteiger partial charge in [-0.25, -0.2) is 0 Å². The van der Waals surface area contributed by atoms with Crippen molar-refractivity contribution in [2.24, 2.45) is 0 Å². The third-order valence-electron chi connectivity index (χ3n) is 10.7. The largest absolute Gasteiger partial charge is 0.462 e. The Morgan fingerprint density at radius 2 is 0.677 bits per heavy atom. The normalized spacial score (nSPS) is 12.8. The van der Waals surface area contributed by atoms with E-state index in [4.69, 9.17) is 14.2 Å². The van der Waals surface area contributed by atoms with Crippen molar-refractivity contribution in [1.82, 2.24) is 0 Å². The fourth-order valence-corrected chi connectivity index (χ4v) is 6.79. The highest BCUT2D eigenvalue weighted by Crippen LogP contribution is 2.13. The molecule has 0 heterocycles. The van der Waals surface area contributed by atoms with Crippen molar-refractivity contribution in [3.63, 3.8) is 0 Å². The SMILES string of the molecule is CC/C=C\C/C=C\C/C=C\CCCCCCC(=O)OCC(COC(=O)CCCCCCCC/C=C\C=C/CCCCC)OC(=O)CCCCCCCC/C=C\C=C/CCCCC. The monoisotopic (exact) mass is 863 g/mol. The molecule has 0 aliphatic heterocycles. The minimum absolute atomic E-state index is 0.0956. The van der Waals surface area contributed by atoms with Crippen molar-refractivity contribution in [2.75, 3.05) is 13.2 Å². The number of esters is 3. The topological polar surface area (TPSA) is 78.9 Å². The zero-order valence-corrected chi connectivity index (χ0v) is 40.4. The summed E-state index contributed by atoms with van der Waals surface area (Å²) in [5, 5.41) is 0. The molecule has 0 N–H and O–H groups in total. The summed E-state index contributed by atoms with van der Waals surface area (Å²) >= 11 is 0. The van der Waals surface area contributed by atoms with Crippen LogP contribution in [0.4, 0.5) is 0 Å². The number of rotatable bonds is 45. The Balaban J connectivity index is 4.47. The van der Waals surface area contributed by atoms with Gasteiger partial charge >= 0.3 is 17.9 Å². The molecule has 1 unspecified atom stereocenters. The molecule has 0 aromatic carbocycles. The maximum Gasteiger partial charge on any atom is 0.306 e. The van der Waals surface area contributed by atoms with Crippen LogP contribution in [0.15, 0.2) is 85.1 Å². The van der Waals surface area contributed by atoms with Crippen LogP contribution < -0.4 is 0 Å². The van der Waals surface area contributed by atoms with Crippen LogP contribution in [-0.4, -0.2) is 37.2 Å². The Morgan fingerprint density at radius 3 is 1.08 bits per heavy atom. The predicted molar refractivity (Wildman–Crippen MR) is 265 cm³/mol. The fourth-order valence-electron chi connectivity index (χ4n) is 6.79. The smallest absolute Gasteiger partial charge is 0.306 e. The number of unbranched alkanes of at least 4 members (excludes halogenated alkanes) is 22. The zero-order chi connectivity index (χ0) is 45.1. The molecule has 6 heteroatoms. The molecule has 0 amide bonds. The maximum atomic E-state index is 12.8. The van der Waals surface area contributed by atoms with Gasteiger partial charge in [0.25, 0.3) is 0 Å². The van der Waals surface area contributed by atoms with E-state index < -0.39 is 6.10 Å². The molecule has 0 aromatic rings. The van der Waals surface area contributed by atoms with Crippen LogP contribution in [0.5, 0.6) is 0 Å². The molecule has 0 radical (unpaired) electrons. The molecule has 6 nitrogen and oxygen atoms in total. The second-order valence-electron chi connectivity index (χ2n) is 16.7. The average Bonchev–Trinajstić information content (AvgIpc) is 3.27. The molecular formula is C56H94O6. The molecule has 1 atom stereocenters. The van der Waals surface area contributed by atoms with E-state index in [0.717, 1.165) is 109 Å². The molecule has 0 aromatic heterocycles. The van der Waals surface area contributed by atoms with E-state index in [0.29, 0.717) is 19.3 Å². The van der Waals surface area contributed by atoms with Crippen molar-refractivity contribution >= 4 is 17.9 Å². The molecule has 0 saturated carbocycles. The van der Waals surface area contributed by atoms with E-state index in [-0.39, 0.29) is 31.1 Å². The van der Waals surface area contributed by atoms with Crippen molar-refractivity contribution in [3.8, 4) is 0 Å². The van der Waals surface area contributed by atoms with Gasteiger partial charge in [-0.2, -0.15) is 0 Å². The molecule has 354 valence electrons. The Labute approximate surface area is 382 Å².